The van der Waals surface area contributed by atoms with Crippen molar-refractivity contribution in [3.63, 3.8) is 0 Å². The van der Waals surface area contributed by atoms with Gasteiger partial charge in [-0.05, 0) is 23.8 Å². The number of imidazole rings is 1. The molecule has 11 nitrogen and oxygen atoms in total. The van der Waals surface area contributed by atoms with Crippen LogP contribution in [0.15, 0.2) is 53.7 Å². The molecule has 1 aliphatic rings. The summed E-state index contributed by atoms with van der Waals surface area (Å²) in [6, 6.07) is 7.05. The van der Waals surface area contributed by atoms with E-state index in [1.807, 2.05) is 28.6 Å². The first-order valence-corrected chi connectivity index (χ1v) is 11.0. The highest BCUT2D eigenvalue weighted by molar-refractivity contribution is 5.92. The van der Waals surface area contributed by atoms with Gasteiger partial charge in [-0.3, -0.25) is 9.78 Å². The number of halogens is 6. The molecule has 4 rings (SSSR count). The molecule has 3 aromatic rings. The number of furan rings is 1. The minimum absolute atomic E-state index is 0.128. The van der Waals surface area contributed by atoms with Gasteiger partial charge in [-0.15, -0.1) is 0 Å². The summed E-state index contributed by atoms with van der Waals surface area (Å²) in [6.45, 7) is 1.42. The number of aliphatic carboxylic acids is 2. The lowest BCUT2D eigenvalue weighted by Crippen LogP contribution is -2.42. The molecular formula is C23H22F6N4O7. The van der Waals surface area contributed by atoms with Crippen molar-refractivity contribution in [2.24, 2.45) is 7.05 Å². The normalized spacial score (nSPS) is 14.7. The predicted octanol–water partition coefficient (Wildman–Crippen LogP) is 3.63. The number of rotatable bonds is 5. The number of carboxylic acids is 2. The molecule has 1 atom stereocenters. The first kappa shape index (κ1) is 31.8. The number of carboxylic acid groups (broad SMARTS) is 2. The SMILES string of the molecule is Cn1cnc2c1C(COCc1cccnc1)N(C(=O)c1ccco1)CC2.O=C(O)C(F)(F)F.O=C(O)C(F)(F)F. The van der Waals surface area contributed by atoms with Crippen molar-refractivity contribution in [1.82, 2.24) is 19.4 Å². The molecule has 40 heavy (non-hydrogen) atoms. The lowest BCUT2D eigenvalue weighted by Gasteiger charge is -2.35. The van der Waals surface area contributed by atoms with Crippen LogP contribution in [0.3, 0.4) is 0 Å². The Morgan fingerprint density at radius 2 is 1.70 bits per heavy atom. The molecule has 1 aliphatic heterocycles. The first-order chi connectivity index (χ1) is 18.6. The Balaban J connectivity index is 0.000000333. The van der Waals surface area contributed by atoms with Gasteiger partial charge in [0.1, 0.15) is 0 Å². The molecule has 1 amide bonds. The fraction of sp³-hybridized carbons (Fsp3) is 0.348. The number of hydrogen-bond donors (Lipinski definition) is 2. The van der Waals surface area contributed by atoms with E-state index in [0.717, 1.165) is 23.4 Å². The van der Waals surface area contributed by atoms with Gasteiger partial charge in [0.05, 0.1) is 43.2 Å². The second kappa shape index (κ2) is 13.6. The summed E-state index contributed by atoms with van der Waals surface area (Å²) in [6.07, 6.45) is -2.62. The van der Waals surface area contributed by atoms with Crippen molar-refractivity contribution < 1.29 is 60.1 Å². The number of fused-ring (bicyclic) bond motifs is 1. The summed E-state index contributed by atoms with van der Waals surface area (Å²) in [5, 5.41) is 14.2. The van der Waals surface area contributed by atoms with E-state index in [0.29, 0.717) is 25.5 Å². The van der Waals surface area contributed by atoms with Crippen molar-refractivity contribution >= 4 is 17.8 Å². The molecule has 0 saturated carbocycles. The van der Waals surface area contributed by atoms with Crippen LogP contribution < -0.4 is 0 Å². The van der Waals surface area contributed by atoms with Crippen LogP contribution in [-0.2, 0) is 34.4 Å². The van der Waals surface area contributed by atoms with Crippen LogP contribution in [0.5, 0.6) is 0 Å². The van der Waals surface area contributed by atoms with E-state index < -0.39 is 24.3 Å². The average Bonchev–Trinajstić information content (AvgIpc) is 3.55. The number of alkyl halides is 6. The predicted molar refractivity (Wildman–Crippen MR) is 121 cm³/mol. The topological polar surface area (TPSA) is 148 Å². The summed E-state index contributed by atoms with van der Waals surface area (Å²) < 4.78 is 76.7. The van der Waals surface area contributed by atoms with Gasteiger partial charge in [-0.1, -0.05) is 6.07 Å². The third-order valence-corrected chi connectivity index (χ3v) is 5.09. The fourth-order valence-electron chi connectivity index (χ4n) is 3.36. The minimum Gasteiger partial charge on any atom is -0.475 e. The summed E-state index contributed by atoms with van der Waals surface area (Å²) in [4.78, 5) is 41.1. The Morgan fingerprint density at radius 3 is 2.20 bits per heavy atom. The number of amides is 1. The van der Waals surface area contributed by atoms with Crippen molar-refractivity contribution in [2.45, 2.75) is 31.4 Å². The summed E-state index contributed by atoms with van der Waals surface area (Å²) in [5.41, 5.74) is 3.03. The maximum Gasteiger partial charge on any atom is 0.490 e. The van der Waals surface area contributed by atoms with E-state index in [-0.39, 0.29) is 11.9 Å². The second-order valence-electron chi connectivity index (χ2n) is 7.91. The number of carbonyl (C=O) groups excluding carboxylic acids is 1. The number of nitrogens with zero attached hydrogens (tertiary/aromatic N) is 4. The molecule has 3 aromatic heterocycles. The smallest absolute Gasteiger partial charge is 0.475 e. The van der Waals surface area contributed by atoms with Crippen LogP contribution in [0.2, 0.25) is 0 Å². The summed E-state index contributed by atoms with van der Waals surface area (Å²) >= 11 is 0. The molecule has 0 fully saturated rings. The van der Waals surface area contributed by atoms with Gasteiger partial charge in [0.25, 0.3) is 5.91 Å². The molecule has 0 aromatic carbocycles. The summed E-state index contributed by atoms with van der Waals surface area (Å²) in [7, 11) is 1.95. The molecule has 0 radical (unpaired) electrons. The van der Waals surface area contributed by atoms with Crippen molar-refractivity contribution in [3.8, 4) is 0 Å². The third-order valence-electron chi connectivity index (χ3n) is 5.09. The second-order valence-corrected chi connectivity index (χ2v) is 7.91. The van der Waals surface area contributed by atoms with Gasteiger partial charge in [0, 0.05) is 32.4 Å². The Kier molecular flexibility index (Phi) is 10.8. The van der Waals surface area contributed by atoms with Gasteiger partial charge < -0.3 is 28.8 Å². The zero-order valence-electron chi connectivity index (χ0n) is 20.5. The van der Waals surface area contributed by atoms with Crippen LogP contribution in [0.25, 0.3) is 0 Å². The quantitative estimate of drug-likeness (QED) is 0.432. The number of aryl methyl sites for hydroxylation is 1. The van der Waals surface area contributed by atoms with Crippen molar-refractivity contribution in [3.05, 3.63) is 72.0 Å². The molecule has 218 valence electrons. The summed E-state index contributed by atoms with van der Waals surface area (Å²) in [5.74, 6) is -5.30. The number of hydrogen-bond acceptors (Lipinski definition) is 7. The van der Waals surface area contributed by atoms with E-state index >= 15 is 0 Å². The molecule has 2 N–H and O–H groups in total. The molecule has 0 spiro atoms. The largest absolute Gasteiger partial charge is 0.490 e. The number of carbonyl (C=O) groups is 3. The third kappa shape index (κ3) is 9.11. The Bertz CT molecular complexity index is 1240. The molecule has 4 heterocycles. The molecule has 0 bridgehead atoms. The molecular weight excluding hydrogens is 558 g/mol. The molecule has 0 aliphatic carbocycles. The number of ether oxygens (including phenoxy) is 1. The minimum atomic E-state index is -5.08. The Labute approximate surface area is 221 Å². The lowest BCUT2D eigenvalue weighted by atomic mass is 10.0. The Hall–Kier alpha value is -4.41. The van der Waals surface area contributed by atoms with E-state index in [1.165, 1.54) is 6.26 Å². The standard InChI is InChI=1S/C19H20N4O3.2C2HF3O2/c1-22-13-21-15-6-8-23(19(24)17-5-3-9-26-17)16(18(15)22)12-25-11-14-4-2-7-20-10-14;2*3-2(4,5)1(6)7/h2-5,7,9-10,13,16H,6,8,11-12H2,1H3;2*(H,6,7). The monoisotopic (exact) mass is 580 g/mol. The van der Waals surface area contributed by atoms with E-state index in [9.17, 15) is 31.1 Å². The van der Waals surface area contributed by atoms with E-state index in [2.05, 4.69) is 9.97 Å². The first-order valence-electron chi connectivity index (χ1n) is 11.0. The highest BCUT2D eigenvalue weighted by atomic mass is 19.4. The van der Waals surface area contributed by atoms with Crippen LogP contribution in [0, 0.1) is 0 Å². The molecule has 17 heteroatoms. The number of aromatic nitrogens is 3. The van der Waals surface area contributed by atoms with Gasteiger partial charge in [-0.2, -0.15) is 26.3 Å². The zero-order chi connectivity index (χ0) is 30.1. The van der Waals surface area contributed by atoms with E-state index in [4.69, 9.17) is 29.0 Å². The van der Waals surface area contributed by atoms with Crippen LogP contribution >= 0.6 is 0 Å². The van der Waals surface area contributed by atoms with Gasteiger partial charge in [0.15, 0.2) is 5.76 Å². The lowest BCUT2D eigenvalue weighted by molar-refractivity contribution is -0.193. The van der Waals surface area contributed by atoms with Crippen LogP contribution in [0.4, 0.5) is 26.3 Å². The van der Waals surface area contributed by atoms with Crippen LogP contribution in [-0.4, -0.2) is 73.0 Å². The highest BCUT2D eigenvalue weighted by Gasteiger charge is 2.39. The molecule has 1 unspecified atom stereocenters. The maximum atomic E-state index is 12.9. The van der Waals surface area contributed by atoms with Gasteiger partial charge >= 0.3 is 24.3 Å². The van der Waals surface area contributed by atoms with Crippen molar-refractivity contribution in [2.75, 3.05) is 13.2 Å². The Morgan fingerprint density at radius 1 is 1.07 bits per heavy atom. The highest BCUT2D eigenvalue weighted by Crippen LogP contribution is 2.30. The maximum absolute atomic E-state index is 12.9. The number of pyridine rings is 1. The zero-order valence-corrected chi connectivity index (χ0v) is 20.5. The van der Waals surface area contributed by atoms with Crippen LogP contribution in [0.1, 0.15) is 33.5 Å². The van der Waals surface area contributed by atoms with Gasteiger partial charge in [-0.25, -0.2) is 14.6 Å². The van der Waals surface area contributed by atoms with Crippen molar-refractivity contribution in [1.29, 1.82) is 0 Å². The molecule has 0 saturated heterocycles. The van der Waals surface area contributed by atoms with E-state index in [1.54, 1.807) is 30.9 Å². The average molecular weight is 580 g/mol. The van der Waals surface area contributed by atoms with Gasteiger partial charge in [0.2, 0.25) is 0 Å². The fourth-order valence-corrected chi connectivity index (χ4v) is 3.36.